The number of nitrogens with one attached hydrogen (secondary N) is 2. The van der Waals surface area contributed by atoms with Gasteiger partial charge in [-0.05, 0) is 18.4 Å². The smallest absolute Gasteiger partial charge is 0.335 e. The Hall–Kier alpha value is -2.60. The standard InChI is InChI=1S/C12H12N5O5S2/c1-6(18)9-8(4-5-23-9)24(20,21)17-11(19)15-10-13-7(2)14-12(16-10)22-3/h4-5H,1H2,2-3H3,(H2,13,14,15,16,17,19). The molecule has 10 nitrogen and oxygen atoms in total. The van der Waals surface area contributed by atoms with Crippen molar-refractivity contribution in [2.75, 3.05) is 12.4 Å². The predicted molar refractivity (Wildman–Crippen MR) is 84.5 cm³/mol. The van der Waals surface area contributed by atoms with Crippen LogP contribution in [-0.4, -0.2) is 42.3 Å². The number of carbonyl (C=O) groups excluding carboxylic acids is 2. The molecule has 0 aromatic carbocycles. The van der Waals surface area contributed by atoms with Gasteiger partial charge in [-0.3, -0.25) is 10.1 Å². The van der Waals surface area contributed by atoms with E-state index in [4.69, 9.17) is 4.74 Å². The van der Waals surface area contributed by atoms with E-state index in [2.05, 4.69) is 27.2 Å². The number of aromatic nitrogens is 3. The molecular weight excluding hydrogens is 358 g/mol. The van der Waals surface area contributed by atoms with Crippen LogP contribution in [0.25, 0.3) is 0 Å². The number of carbonyl (C=O) groups is 2. The van der Waals surface area contributed by atoms with Crippen LogP contribution in [0, 0.1) is 13.8 Å². The molecule has 2 N–H and O–H groups in total. The number of methoxy groups -OCH3 is 1. The van der Waals surface area contributed by atoms with Crippen LogP contribution in [0.5, 0.6) is 6.01 Å². The zero-order valence-electron chi connectivity index (χ0n) is 12.6. The van der Waals surface area contributed by atoms with Crippen molar-refractivity contribution in [1.29, 1.82) is 0 Å². The summed E-state index contributed by atoms with van der Waals surface area (Å²) in [6.07, 6.45) is 0. The van der Waals surface area contributed by atoms with Crippen molar-refractivity contribution in [2.24, 2.45) is 0 Å². The lowest BCUT2D eigenvalue weighted by atomic mass is 10.4. The average molecular weight is 370 g/mol. The van der Waals surface area contributed by atoms with E-state index >= 15 is 0 Å². The van der Waals surface area contributed by atoms with E-state index < -0.39 is 21.8 Å². The molecule has 127 valence electrons. The summed E-state index contributed by atoms with van der Waals surface area (Å²) in [5.41, 5.74) is 0. The summed E-state index contributed by atoms with van der Waals surface area (Å²) >= 11 is 0.910. The molecule has 0 aliphatic heterocycles. The fourth-order valence-corrected chi connectivity index (χ4v) is 3.85. The number of hydrogen-bond acceptors (Lipinski definition) is 9. The summed E-state index contributed by atoms with van der Waals surface area (Å²) in [5.74, 6) is -0.586. The summed E-state index contributed by atoms with van der Waals surface area (Å²) in [7, 11) is -2.92. The third-order valence-corrected chi connectivity index (χ3v) is 4.99. The number of sulfonamides is 1. The van der Waals surface area contributed by atoms with Gasteiger partial charge in [0.25, 0.3) is 10.0 Å². The van der Waals surface area contributed by atoms with E-state index in [1.807, 2.05) is 0 Å². The zero-order chi connectivity index (χ0) is 17.9. The third kappa shape index (κ3) is 4.02. The zero-order valence-corrected chi connectivity index (χ0v) is 14.2. The van der Waals surface area contributed by atoms with Crippen molar-refractivity contribution in [3.05, 3.63) is 29.1 Å². The van der Waals surface area contributed by atoms with Crippen LogP contribution in [0.3, 0.4) is 0 Å². The number of ketones is 1. The molecule has 0 bridgehead atoms. The number of urea groups is 1. The first-order valence-corrected chi connectivity index (χ1v) is 8.63. The summed E-state index contributed by atoms with van der Waals surface area (Å²) in [5, 5.41) is 3.56. The first kappa shape index (κ1) is 17.7. The fourth-order valence-electron chi connectivity index (χ4n) is 1.62. The second-order valence-electron chi connectivity index (χ2n) is 4.29. The number of Topliss-reactive ketones (excluding diaryl/α,β-unsaturated/α-hetero) is 1. The minimum absolute atomic E-state index is 0.0385. The lowest BCUT2D eigenvalue weighted by Crippen LogP contribution is -2.35. The largest absolute Gasteiger partial charge is 0.467 e. The van der Waals surface area contributed by atoms with Crippen LogP contribution in [0.1, 0.15) is 15.5 Å². The predicted octanol–water partition coefficient (Wildman–Crippen LogP) is 0.777. The van der Waals surface area contributed by atoms with Crippen LogP contribution in [0.4, 0.5) is 10.7 Å². The fraction of sp³-hybridized carbons (Fsp3) is 0.167. The van der Waals surface area contributed by atoms with E-state index in [0.29, 0.717) is 0 Å². The number of thiophene rings is 1. The van der Waals surface area contributed by atoms with Gasteiger partial charge < -0.3 is 4.74 Å². The second kappa shape index (κ2) is 6.88. The second-order valence-corrected chi connectivity index (χ2v) is 6.86. The number of hydrogen-bond donors (Lipinski definition) is 2. The molecule has 2 rings (SSSR count). The quantitative estimate of drug-likeness (QED) is 0.736. The van der Waals surface area contributed by atoms with Crippen LogP contribution in [0.15, 0.2) is 16.3 Å². The van der Waals surface area contributed by atoms with Crippen molar-refractivity contribution in [3.8, 4) is 6.01 Å². The molecule has 24 heavy (non-hydrogen) atoms. The van der Waals surface area contributed by atoms with Gasteiger partial charge in [-0.1, -0.05) is 0 Å². The Kier molecular flexibility index (Phi) is 5.09. The molecular formula is C12H12N5O5S2. The van der Waals surface area contributed by atoms with Crippen molar-refractivity contribution in [3.63, 3.8) is 0 Å². The Bertz CT molecular complexity index is 893. The first-order valence-electron chi connectivity index (χ1n) is 6.27. The molecule has 2 amide bonds. The van der Waals surface area contributed by atoms with Gasteiger partial charge in [-0.2, -0.15) is 15.0 Å². The molecule has 0 fully saturated rings. The molecule has 0 atom stereocenters. The van der Waals surface area contributed by atoms with Crippen LogP contribution in [0.2, 0.25) is 0 Å². The Morgan fingerprint density at radius 2 is 2.00 bits per heavy atom. The minimum atomic E-state index is -4.25. The van der Waals surface area contributed by atoms with Crippen LogP contribution >= 0.6 is 11.3 Å². The molecule has 0 saturated heterocycles. The number of nitrogens with zero attached hydrogens (tertiary/aromatic N) is 3. The highest BCUT2D eigenvalue weighted by atomic mass is 32.2. The molecule has 0 spiro atoms. The maximum absolute atomic E-state index is 12.2. The highest BCUT2D eigenvalue weighted by Gasteiger charge is 2.24. The molecule has 0 aliphatic rings. The van der Waals surface area contributed by atoms with Gasteiger partial charge in [0.2, 0.25) is 5.95 Å². The Morgan fingerprint density at radius 1 is 1.29 bits per heavy atom. The topological polar surface area (TPSA) is 140 Å². The highest BCUT2D eigenvalue weighted by molar-refractivity contribution is 7.90. The van der Waals surface area contributed by atoms with Crippen molar-refractivity contribution >= 4 is 39.1 Å². The van der Waals surface area contributed by atoms with E-state index in [1.165, 1.54) is 18.6 Å². The van der Waals surface area contributed by atoms with Gasteiger partial charge in [0.1, 0.15) is 10.7 Å². The lowest BCUT2D eigenvalue weighted by Gasteiger charge is -2.08. The number of aryl methyl sites for hydroxylation is 1. The molecule has 12 heteroatoms. The van der Waals surface area contributed by atoms with Crippen LogP contribution < -0.4 is 14.8 Å². The SMILES string of the molecule is [CH2]C(=O)c1sccc1S(=O)(=O)NC(=O)Nc1nc(C)nc(OC)n1. The molecule has 0 saturated carbocycles. The number of rotatable bonds is 5. The van der Waals surface area contributed by atoms with Crippen molar-refractivity contribution < 1.29 is 22.7 Å². The molecule has 2 aromatic rings. The molecule has 0 unspecified atom stereocenters. The van der Waals surface area contributed by atoms with Gasteiger partial charge in [0.05, 0.1) is 12.0 Å². The van der Waals surface area contributed by atoms with Gasteiger partial charge >= 0.3 is 12.0 Å². The lowest BCUT2D eigenvalue weighted by molar-refractivity contribution is 0.104. The van der Waals surface area contributed by atoms with E-state index in [1.54, 1.807) is 11.6 Å². The number of amides is 2. The van der Waals surface area contributed by atoms with E-state index in [-0.39, 0.29) is 27.6 Å². The monoisotopic (exact) mass is 370 g/mol. The third-order valence-electron chi connectivity index (χ3n) is 2.53. The number of ether oxygens (including phenoxy) is 1. The Balaban J connectivity index is 2.18. The minimum Gasteiger partial charge on any atom is -0.467 e. The molecule has 2 aromatic heterocycles. The highest BCUT2D eigenvalue weighted by Crippen LogP contribution is 2.22. The Labute approximate surface area is 141 Å². The van der Waals surface area contributed by atoms with Crippen LogP contribution in [-0.2, 0) is 10.0 Å². The summed E-state index contributed by atoms with van der Waals surface area (Å²) < 4.78 is 31.0. The van der Waals surface area contributed by atoms with Crippen molar-refractivity contribution in [2.45, 2.75) is 11.8 Å². The van der Waals surface area contributed by atoms with E-state index in [9.17, 15) is 18.0 Å². The van der Waals surface area contributed by atoms with Crippen molar-refractivity contribution in [1.82, 2.24) is 19.7 Å². The molecule has 2 heterocycles. The van der Waals surface area contributed by atoms with Gasteiger partial charge in [0.15, 0.2) is 5.78 Å². The maximum Gasteiger partial charge on any atom is 0.335 e. The summed E-state index contributed by atoms with van der Waals surface area (Å²) in [4.78, 5) is 34.2. The van der Waals surface area contributed by atoms with Gasteiger partial charge in [-0.25, -0.2) is 17.9 Å². The summed E-state index contributed by atoms with van der Waals surface area (Å²) in [6.45, 7) is 4.71. The van der Waals surface area contributed by atoms with E-state index in [0.717, 1.165) is 11.3 Å². The molecule has 1 radical (unpaired) electrons. The Morgan fingerprint density at radius 3 is 2.62 bits per heavy atom. The average Bonchev–Trinajstić information content (AvgIpc) is 2.96. The molecule has 0 aliphatic carbocycles. The van der Waals surface area contributed by atoms with Gasteiger partial charge in [-0.15, -0.1) is 11.3 Å². The summed E-state index contributed by atoms with van der Waals surface area (Å²) in [6, 6.07) is 0.0641. The number of anilines is 1. The van der Waals surface area contributed by atoms with Gasteiger partial charge in [0, 0.05) is 6.92 Å². The first-order chi connectivity index (χ1) is 11.2. The normalized spacial score (nSPS) is 11.0. The maximum atomic E-state index is 12.2.